The first-order chi connectivity index (χ1) is 16.2. The lowest BCUT2D eigenvalue weighted by Crippen LogP contribution is -2.12. The summed E-state index contributed by atoms with van der Waals surface area (Å²) < 4.78 is 5.16. The number of hydrogen-bond acceptors (Lipinski definition) is 6. The van der Waals surface area contributed by atoms with E-state index in [1.165, 1.54) is 0 Å². The number of carbonyl (C=O) groups is 1. The second kappa shape index (κ2) is 8.84. The summed E-state index contributed by atoms with van der Waals surface area (Å²) in [6, 6.07) is 23.7. The van der Waals surface area contributed by atoms with Crippen LogP contribution in [0.4, 0.5) is 5.69 Å². The Kier molecular flexibility index (Phi) is 5.43. The van der Waals surface area contributed by atoms with Crippen molar-refractivity contribution in [3.05, 3.63) is 96.8 Å². The molecule has 1 N–H and O–H groups in total. The molecule has 33 heavy (non-hydrogen) atoms. The van der Waals surface area contributed by atoms with Gasteiger partial charge in [0.1, 0.15) is 17.1 Å². The predicted octanol–water partition coefficient (Wildman–Crippen LogP) is 5.01. The number of amides is 1. The molecule has 160 valence electrons. The fraction of sp³-hybridized carbons (Fsp3) is 0.0385. The van der Waals surface area contributed by atoms with Gasteiger partial charge in [-0.15, -0.1) is 0 Å². The summed E-state index contributed by atoms with van der Waals surface area (Å²) in [7, 11) is 1.60. The largest absolute Gasteiger partial charge is 0.497 e. The van der Waals surface area contributed by atoms with E-state index in [-0.39, 0.29) is 5.91 Å². The summed E-state index contributed by atoms with van der Waals surface area (Å²) in [5.74, 6) is 0.483. The molecule has 0 atom stereocenters. The van der Waals surface area contributed by atoms with Crippen molar-refractivity contribution in [3.8, 4) is 28.5 Å². The van der Waals surface area contributed by atoms with Crippen LogP contribution in [0.15, 0.2) is 91.3 Å². The van der Waals surface area contributed by atoms with Gasteiger partial charge in [0.05, 0.1) is 29.5 Å². The van der Waals surface area contributed by atoms with E-state index < -0.39 is 0 Å². The van der Waals surface area contributed by atoms with Crippen molar-refractivity contribution in [2.24, 2.45) is 0 Å². The summed E-state index contributed by atoms with van der Waals surface area (Å²) in [5, 5.41) is 2.89. The standard InChI is InChI=1S/C26H19N5O2/c1-33-19-11-9-18(10-12-19)29-26(32)17-8-13-20-23(16-17)31-25(22-7-3-5-15-28-22)24(30-20)21-6-2-4-14-27-21/h2-16H,1H3,(H,29,32). The maximum absolute atomic E-state index is 12.8. The Hall–Kier alpha value is -4.65. The molecule has 3 heterocycles. The van der Waals surface area contributed by atoms with E-state index in [4.69, 9.17) is 14.7 Å². The first kappa shape index (κ1) is 20.3. The fourth-order valence-corrected chi connectivity index (χ4v) is 3.44. The lowest BCUT2D eigenvalue weighted by atomic mass is 10.1. The summed E-state index contributed by atoms with van der Waals surface area (Å²) >= 11 is 0. The Morgan fingerprint density at radius 2 is 1.39 bits per heavy atom. The maximum atomic E-state index is 12.8. The third-order valence-electron chi connectivity index (χ3n) is 5.09. The summed E-state index contributed by atoms with van der Waals surface area (Å²) in [5.41, 5.74) is 5.03. The number of rotatable bonds is 5. The van der Waals surface area contributed by atoms with Crippen LogP contribution in [0.2, 0.25) is 0 Å². The van der Waals surface area contributed by atoms with Crippen molar-refractivity contribution < 1.29 is 9.53 Å². The van der Waals surface area contributed by atoms with Gasteiger partial charge < -0.3 is 10.1 Å². The Morgan fingerprint density at radius 1 is 0.758 bits per heavy atom. The first-order valence-corrected chi connectivity index (χ1v) is 10.3. The highest BCUT2D eigenvalue weighted by Crippen LogP contribution is 2.29. The number of nitrogens with zero attached hydrogens (tertiary/aromatic N) is 4. The van der Waals surface area contributed by atoms with E-state index >= 15 is 0 Å². The zero-order chi connectivity index (χ0) is 22.6. The maximum Gasteiger partial charge on any atom is 0.255 e. The molecule has 0 saturated heterocycles. The van der Waals surface area contributed by atoms with Crippen LogP contribution in [0.3, 0.4) is 0 Å². The number of nitrogens with one attached hydrogen (secondary N) is 1. The lowest BCUT2D eigenvalue weighted by molar-refractivity contribution is 0.102. The zero-order valence-electron chi connectivity index (χ0n) is 17.8. The molecule has 5 aromatic rings. The number of carbonyl (C=O) groups excluding carboxylic acids is 1. The predicted molar refractivity (Wildman–Crippen MR) is 127 cm³/mol. The van der Waals surface area contributed by atoms with Crippen molar-refractivity contribution >= 4 is 22.6 Å². The molecular weight excluding hydrogens is 414 g/mol. The van der Waals surface area contributed by atoms with Gasteiger partial charge in [0.2, 0.25) is 0 Å². The number of methoxy groups -OCH3 is 1. The normalized spacial score (nSPS) is 10.7. The Morgan fingerprint density at radius 3 is 1.97 bits per heavy atom. The number of pyridine rings is 2. The molecule has 5 rings (SSSR count). The van der Waals surface area contributed by atoms with Crippen molar-refractivity contribution in [1.29, 1.82) is 0 Å². The van der Waals surface area contributed by atoms with Gasteiger partial charge in [0.15, 0.2) is 0 Å². The molecule has 7 heteroatoms. The lowest BCUT2D eigenvalue weighted by Gasteiger charge is -2.10. The molecule has 0 saturated carbocycles. The number of benzene rings is 2. The van der Waals surface area contributed by atoms with E-state index in [1.54, 1.807) is 62.0 Å². The van der Waals surface area contributed by atoms with Crippen molar-refractivity contribution in [3.63, 3.8) is 0 Å². The van der Waals surface area contributed by atoms with E-state index in [9.17, 15) is 4.79 Å². The zero-order valence-corrected chi connectivity index (χ0v) is 17.8. The SMILES string of the molecule is COc1ccc(NC(=O)c2ccc3nc(-c4ccccn4)c(-c4ccccn4)nc3c2)cc1. The quantitative estimate of drug-likeness (QED) is 0.419. The Bertz CT molecular complexity index is 1420. The average molecular weight is 433 g/mol. The van der Waals surface area contributed by atoms with E-state index in [1.807, 2.05) is 36.4 Å². The van der Waals surface area contributed by atoms with Gasteiger partial charge in [0, 0.05) is 23.6 Å². The number of hydrogen-bond donors (Lipinski definition) is 1. The van der Waals surface area contributed by atoms with Gasteiger partial charge in [-0.1, -0.05) is 12.1 Å². The summed E-state index contributed by atoms with van der Waals surface area (Å²) in [4.78, 5) is 31.4. The molecule has 0 aliphatic heterocycles. The van der Waals surface area contributed by atoms with E-state index in [2.05, 4.69) is 15.3 Å². The third kappa shape index (κ3) is 4.24. The minimum absolute atomic E-state index is 0.239. The van der Waals surface area contributed by atoms with Gasteiger partial charge in [-0.3, -0.25) is 14.8 Å². The highest BCUT2D eigenvalue weighted by Gasteiger charge is 2.16. The number of aromatic nitrogens is 4. The Labute approximate surface area is 190 Å². The molecule has 0 aliphatic carbocycles. The average Bonchev–Trinajstić information content (AvgIpc) is 2.89. The number of ether oxygens (including phenoxy) is 1. The molecule has 0 bridgehead atoms. The molecule has 0 aliphatic rings. The topological polar surface area (TPSA) is 89.9 Å². The van der Waals surface area contributed by atoms with Gasteiger partial charge in [-0.25, -0.2) is 9.97 Å². The summed E-state index contributed by atoms with van der Waals surface area (Å²) in [6.07, 6.45) is 3.43. The second-order valence-electron chi connectivity index (χ2n) is 7.24. The number of anilines is 1. The van der Waals surface area contributed by atoms with Crippen LogP contribution >= 0.6 is 0 Å². The fourth-order valence-electron chi connectivity index (χ4n) is 3.44. The van der Waals surface area contributed by atoms with Gasteiger partial charge in [0.25, 0.3) is 5.91 Å². The molecule has 0 fully saturated rings. The first-order valence-electron chi connectivity index (χ1n) is 10.3. The van der Waals surface area contributed by atoms with E-state index in [0.717, 1.165) is 5.75 Å². The van der Waals surface area contributed by atoms with Crippen LogP contribution in [0.5, 0.6) is 5.75 Å². The molecule has 0 radical (unpaired) electrons. The van der Waals surface area contributed by atoms with Crippen molar-refractivity contribution in [2.75, 3.05) is 12.4 Å². The molecule has 0 unspecified atom stereocenters. The number of fused-ring (bicyclic) bond motifs is 1. The smallest absolute Gasteiger partial charge is 0.255 e. The van der Waals surface area contributed by atoms with Gasteiger partial charge in [-0.05, 0) is 66.7 Å². The third-order valence-corrected chi connectivity index (χ3v) is 5.09. The van der Waals surface area contributed by atoms with Gasteiger partial charge in [-0.2, -0.15) is 0 Å². The minimum atomic E-state index is -0.239. The molecule has 0 spiro atoms. The van der Waals surface area contributed by atoms with Crippen molar-refractivity contribution in [2.45, 2.75) is 0 Å². The van der Waals surface area contributed by atoms with Crippen LogP contribution in [-0.4, -0.2) is 33.0 Å². The molecule has 1 amide bonds. The van der Waals surface area contributed by atoms with Crippen LogP contribution in [0.25, 0.3) is 33.8 Å². The highest BCUT2D eigenvalue weighted by molar-refractivity contribution is 6.06. The van der Waals surface area contributed by atoms with Crippen LogP contribution in [-0.2, 0) is 0 Å². The monoisotopic (exact) mass is 433 g/mol. The Balaban J connectivity index is 1.55. The summed E-state index contributed by atoms with van der Waals surface area (Å²) in [6.45, 7) is 0. The second-order valence-corrected chi connectivity index (χ2v) is 7.24. The van der Waals surface area contributed by atoms with Gasteiger partial charge >= 0.3 is 0 Å². The van der Waals surface area contributed by atoms with Crippen LogP contribution < -0.4 is 10.1 Å². The molecule has 2 aromatic carbocycles. The molecular formula is C26H19N5O2. The van der Waals surface area contributed by atoms with Crippen molar-refractivity contribution in [1.82, 2.24) is 19.9 Å². The van der Waals surface area contributed by atoms with Crippen LogP contribution in [0, 0.1) is 0 Å². The minimum Gasteiger partial charge on any atom is -0.497 e. The molecule has 7 nitrogen and oxygen atoms in total. The van der Waals surface area contributed by atoms with E-state index in [0.29, 0.717) is 45.1 Å². The van der Waals surface area contributed by atoms with Crippen LogP contribution in [0.1, 0.15) is 10.4 Å². The highest BCUT2D eigenvalue weighted by atomic mass is 16.5. The molecule has 3 aromatic heterocycles.